The Bertz CT molecular complexity index is 1040. The van der Waals surface area contributed by atoms with Crippen molar-refractivity contribution < 1.29 is 9.18 Å². The lowest BCUT2D eigenvalue weighted by Gasteiger charge is -2.25. The largest absolute Gasteiger partial charge is 0.307 e. The number of aromatic nitrogens is 3. The van der Waals surface area contributed by atoms with Crippen molar-refractivity contribution in [3.05, 3.63) is 53.3 Å². The highest BCUT2D eigenvalue weighted by molar-refractivity contribution is 6.13. The Labute approximate surface area is 150 Å². The van der Waals surface area contributed by atoms with E-state index in [4.69, 9.17) is 0 Å². The second-order valence-corrected chi connectivity index (χ2v) is 7.40. The van der Waals surface area contributed by atoms with Crippen molar-refractivity contribution in [1.29, 1.82) is 0 Å². The van der Waals surface area contributed by atoms with E-state index in [1.165, 1.54) is 6.07 Å². The fraction of sp³-hybridized carbons (Fsp3) is 0.350. The molecule has 0 unspecified atom stereocenters. The van der Waals surface area contributed by atoms with Crippen molar-refractivity contribution in [2.45, 2.75) is 31.1 Å². The summed E-state index contributed by atoms with van der Waals surface area (Å²) in [5, 5.41) is 8.13. The van der Waals surface area contributed by atoms with Gasteiger partial charge in [-0.3, -0.25) is 4.79 Å². The van der Waals surface area contributed by atoms with Gasteiger partial charge in [0.2, 0.25) is 0 Å². The molecule has 0 atom stereocenters. The summed E-state index contributed by atoms with van der Waals surface area (Å²) < 4.78 is 16.4. The maximum absolute atomic E-state index is 14.7. The summed E-state index contributed by atoms with van der Waals surface area (Å²) in [5.74, 6) is -0.309. The summed E-state index contributed by atoms with van der Waals surface area (Å²) >= 11 is 0. The zero-order valence-corrected chi connectivity index (χ0v) is 14.6. The fourth-order valence-corrected chi connectivity index (χ4v) is 4.80. The average molecular weight is 350 g/mol. The third-order valence-electron chi connectivity index (χ3n) is 5.93. The zero-order valence-electron chi connectivity index (χ0n) is 14.6. The second-order valence-electron chi connectivity index (χ2n) is 7.40. The van der Waals surface area contributed by atoms with Gasteiger partial charge in [-0.25, -0.2) is 9.07 Å². The van der Waals surface area contributed by atoms with Gasteiger partial charge in [0.05, 0.1) is 11.3 Å². The van der Waals surface area contributed by atoms with E-state index in [1.807, 2.05) is 18.2 Å². The van der Waals surface area contributed by atoms with Crippen molar-refractivity contribution in [1.82, 2.24) is 15.0 Å². The van der Waals surface area contributed by atoms with Crippen LogP contribution in [0.3, 0.4) is 0 Å². The van der Waals surface area contributed by atoms with Crippen LogP contribution in [0.15, 0.2) is 36.4 Å². The number of halogens is 1. The van der Waals surface area contributed by atoms with Crippen molar-refractivity contribution in [3.8, 4) is 0 Å². The van der Waals surface area contributed by atoms with Crippen LogP contribution in [0.5, 0.6) is 0 Å². The number of carbonyl (C=O) groups excluding carboxylic acids is 1. The number of para-hydroxylation sites is 1. The van der Waals surface area contributed by atoms with Crippen LogP contribution in [0.2, 0.25) is 0 Å². The summed E-state index contributed by atoms with van der Waals surface area (Å²) in [7, 11) is 1.78. The van der Waals surface area contributed by atoms with Crippen molar-refractivity contribution >= 4 is 22.6 Å². The summed E-state index contributed by atoms with van der Waals surface area (Å²) in [4.78, 5) is 15.2. The highest BCUT2D eigenvalue weighted by Crippen LogP contribution is 2.51. The molecule has 2 heterocycles. The molecule has 1 aliphatic heterocycles. The van der Waals surface area contributed by atoms with Gasteiger partial charge < -0.3 is 4.90 Å². The standard InChI is InChI=1S/C20H19FN4O/c1-24-18-13(6-4-8-15(18)22-23-24)19(26)25-12-20(10-2-3-11-20)17-14(21)7-5-9-16(17)25/h4-9H,2-3,10-12H2,1H3. The highest BCUT2D eigenvalue weighted by Gasteiger charge is 2.48. The number of amides is 1. The average Bonchev–Trinajstić information content (AvgIpc) is 3.35. The predicted molar refractivity (Wildman–Crippen MR) is 96.7 cm³/mol. The number of benzene rings is 2. The topological polar surface area (TPSA) is 51.0 Å². The smallest absolute Gasteiger partial charge is 0.260 e. The number of rotatable bonds is 1. The first kappa shape index (κ1) is 15.5. The number of nitrogens with zero attached hydrogens (tertiary/aromatic N) is 4. The van der Waals surface area contributed by atoms with Crippen LogP contribution in [-0.2, 0) is 12.5 Å². The van der Waals surface area contributed by atoms with Gasteiger partial charge in [-0.15, -0.1) is 5.10 Å². The highest BCUT2D eigenvalue weighted by atomic mass is 19.1. The van der Waals surface area contributed by atoms with Crippen LogP contribution in [-0.4, -0.2) is 27.4 Å². The second kappa shape index (κ2) is 5.37. The lowest BCUT2D eigenvalue weighted by molar-refractivity contribution is 0.0986. The van der Waals surface area contributed by atoms with Crippen LogP contribution >= 0.6 is 0 Å². The van der Waals surface area contributed by atoms with E-state index in [0.29, 0.717) is 28.8 Å². The molecule has 0 saturated heterocycles. The molecule has 3 aromatic rings. The molecule has 1 saturated carbocycles. The lowest BCUT2D eigenvalue weighted by Crippen LogP contribution is -2.35. The third kappa shape index (κ3) is 1.98. The molecular formula is C20H19FN4O. The first-order valence-corrected chi connectivity index (χ1v) is 9.00. The molecule has 132 valence electrons. The maximum Gasteiger partial charge on any atom is 0.260 e. The van der Waals surface area contributed by atoms with E-state index in [9.17, 15) is 9.18 Å². The third-order valence-corrected chi connectivity index (χ3v) is 5.93. The van der Waals surface area contributed by atoms with E-state index in [-0.39, 0.29) is 17.1 Å². The first-order valence-electron chi connectivity index (χ1n) is 9.00. The number of aryl methyl sites for hydroxylation is 1. The van der Waals surface area contributed by atoms with Gasteiger partial charge in [-0.1, -0.05) is 30.2 Å². The predicted octanol–water partition coefficient (Wildman–Crippen LogP) is 3.58. The molecule has 0 N–H and O–H groups in total. The molecule has 2 aromatic carbocycles. The minimum atomic E-state index is -0.241. The Kier molecular flexibility index (Phi) is 3.20. The molecule has 2 aliphatic rings. The van der Waals surface area contributed by atoms with Gasteiger partial charge >= 0.3 is 0 Å². The molecule has 5 nitrogen and oxygen atoms in total. The molecule has 1 fully saturated rings. The number of hydrogen-bond donors (Lipinski definition) is 0. The Balaban J connectivity index is 1.66. The van der Waals surface area contributed by atoms with Gasteiger partial charge in [0.15, 0.2) is 0 Å². The molecular weight excluding hydrogens is 331 g/mol. The van der Waals surface area contributed by atoms with Crippen LogP contribution in [0.25, 0.3) is 11.0 Å². The van der Waals surface area contributed by atoms with Crippen LogP contribution in [0.4, 0.5) is 10.1 Å². The molecule has 1 spiro atoms. The quantitative estimate of drug-likeness (QED) is 0.674. The van der Waals surface area contributed by atoms with Gasteiger partial charge in [-0.05, 0) is 37.1 Å². The van der Waals surface area contributed by atoms with Crippen molar-refractivity contribution in [2.75, 3.05) is 11.4 Å². The Morgan fingerprint density at radius 1 is 1.15 bits per heavy atom. The molecule has 26 heavy (non-hydrogen) atoms. The molecule has 0 radical (unpaired) electrons. The van der Waals surface area contributed by atoms with E-state index in [1.54, 1.807) is 28.8 Å². The summed E-state index contributed by atoms with van der Waals surface area (Å²) in [5.41, 5.74) is 3.15. The fourth-order valence-electron chi connectivity index (χ4n) is 4.80. The van der Waals surface area contributed by atoms with Gasteiger partial charge in [0.25, 0.3) is 5.91 Å². The molecule has 1 aromatic heterocycles. The minimum absolute atomic E-state index is 0.114. The Hall–Kier alpha value is -2.76. The van der Waals surface area contributed by atoms with Crippen LogP contribution in [0, 0.1) is 5.82 Å². The van der Waals surface area contributed by atoms with E-state index < -0.39 is 0 Å². The number of hydrogen-bond acceptors (Lipinski definition) is 3. The summed E-state index contributed by atoms with van der Waals surface area (Å²) in [6.45, 7) is 0.545. The van der Waals surface area contributed by atoms with Crippen molar-refractivity contribution in [3.63, 3.8) is 0 Å². The SMILES string of the molecule is Cn1nnc2cccc(C(=O)N3CC4(CCCC4)c4c(F)cccc43)c21. The monoisotopic (exact) mass is 350 g/mol. The van der Waals surface area contributed by atoms with Crippen molar-refractivity contribution in [2.24, 2.45) is 7.05 Å². The lowest BCUT2D eigenvalue weighted by atomic mass is 9.80. The first-order chi connectivity index (χ1) is 12.6. The number of carbonyl (C=O) groups is 1. The summed E-state index contributed by atoms with van der Waals surface area (Å²) in [6.07, 6.45) is 4.03. The number of anilines is 1. The normalized spacial score (nSPS) is 18.0. The molecule has 6 heteroatoms. The van der Waals surface area contributed by atoms with Gasteiger partial charge in [0.1, 0.15) is 16.9 Å². The Morgan fingerprint density at radius 2 is 1.92 bits per heavy atom. The van der Waals surface area contributed by atoms with Gasteiger partial charge in [0, 0.05) is 24.6 Å². The molecule has 5 rings (SSSR count). The molecule has 0 bridgehead atoms. The molecule has 1 amide bonds. The Morgan fingerprint density at radius 3 is 2.73 bits per heavy atom. The van der Waals surface area contributed by atoms with Gasteiger partial charge in [-0.2, -0.15) is 0 Å². The molecule has 1 aliphatic carbocycles. The van der Waals surface area contributed by atoms with E-state index >= 15 is 0 Å². The van der Waals surface area contributed by atoms with Crippen LogP contribution in [0.1, 0.15) is 41.6 Å². The zero-order chi connectivity index (χ0) is 17.9. The maximum atomic E-state index is 14.7. The van der Waals surface area contributed by atoms with Crippen LogP contribution < -0.4 is 4.90 Å². The van der Waals surface area contributed by atoms with E-state index in [2.05, 4.69) is 10.3 Å². The van der Waals surface area contributed by atoms with E-state index in [0.717, 1.165) is 31.2 Å². The minimum Gasteiger partial charge on any atom is -0.307 e. The number of fused-ring (bicyclic) bond motifs is 3. The summed E-state index contributed by atoms with van der Waals surface area (Å²) in [6, 6.07) is 10.5.